The van der Waals surface area contributed by atoms with E-state index in [1.807, 2.05) is 0 Å². The van der Waals surface area contributed by atoms with Crippen LogP contribution in [-0.4, -0.2) is 51.5 Å². The van der Waals surface area contributed by atoms with Gasteiger partial charge in [-0.1, -0.05) is 0 Å². The molecule has 2 aliphatic heterocycles. The molecular weight excluding hydrogens is 276 g/mol. The van der Waals surface area contributed by atoms with Crippen LogP contribution in [0.15, 0.2) is 0 Å². The minimum atomic E-state index is -0.961. The van der Waals surface area contributed by atoms with Crippen molar-refractivity contribution in [2.75, 3.05) is 19.8 Å². The molecule has 1 aromatic rings. The number of carboxylic acids is 1. The van der Waals surface area contributed by atoms with Crippen molar-refractivity contribution in [3.05, 3.63) is 11.6 Å². The molecule has 0 bridgehead atoms. The lowest BCUT2D eigenvalue weighted by molar-refractivity contribution is -0.138. The predicted molar refractivity (Wildman–Crippen MR) is 70.8 cm³/mol. The van der Waals surface area contributed by atoms with Gasteiger partial charge in [-0.2, -0.15) is 5.10 Å². The fourth-order valence-electron chi connectivity index (χ4n) is 2.84. The smallest absolute Gasteiger partial charge is 0.325 e. The number of carbonyl (C=O) groups excluding carboxylic acids is 1. The lowest BCUT2D eigenvalue weighted by Crippen LogP contribution is -2.18. The van der Waals surface area contributed by atoms with Crippen molar-refractivity contribution in [3.8, 4) is 0 Å². The van der Waals surface area contributed by atoms with Crippen LogP contribution in [0.1, 0.15) is 42.7 Å². The van der Waals surface area contributed by atoms with Gasteiger partial charge in [-0.3, -0.25) is 9.59 Å². The second kappa shape index (κ2) is 5.80. The molecule has 1 unspecified atom stereocenters. The van der Waals surface area contributed by atoms with Crippen molar-refractivity contribution < 1.29 is 19.4 Å². The summed E-state index contributed by atoms with van der Waals surface area (Å²) in [5.41, 5.74) is 0. The molecule has 0 spiro atoms. The summed E-state index contributed by atoms with van der Waals surface area (Å²) in [6.07, 6.45) is 2.03. The van der Waals surface area contributed by atoms with Gasteiger partial charge in [0.15, 0.2) is 5.82 Å². The number of ether oxygens (including phenoxy) is 1. The molecule has 1 atom stereocenters. The molecule has 1 amide bonds. The van der Waals surface area contributed by atoms with Crippen molar-refractivity contribution in [3.63, 3.8) is 0 Å². The predicted octanol–water partition coefficient (Wildman–Crippen LogP) is -0.140. The van der Waals surface area contributed by atoms with Crippen molar-refractivity contribution >= 4 is 11.9 Å². The first-order chi connectivity index (χ1) is 10.1. The monoisotopic (exact) mass is 294 g/mol. The maximum absolute atomic E-state index is 11.4. The average Bonchev–Trinajstić information content (AvgIpc) is 3.05. The van der Waals surface area contributed by atoms with E-state index in [1.54, 1.807) is 0 Å². The minimum absolute atomic E-state index is 0.0301. The van der Waals surface area contributed by atoms with E-state index in [9.17, 15) is 9.59 Å². The van der Waals surface area contributed by atoms with Crippen molar-refractivity contribution in [2.24, 2.45) is 0 Å². The zero-order valence-corrected chi connectivity index (χ0v) is 11.6. The molecule has 1 aromatic heterocycles. The fraction of sp³-hybridized carbons (Fsp3) is 0.692. The van der Waals surface area contributed by atoms with Gasteiger partial charge in [0, 0.05) is 38.0 Å². The van der Waals surface area contributed by atoms with Crippen LogP contribution in [0, 0.1) is 0 Å². The number of carboxylic acid groups (broad SMARTS) is 1. The molecule has 2 fully saturated rings. The molecule has 0 aromatic carbocycles. The van der Waals surface area contributed by atoms with Crippen LogP contribution in [-0.2, 0) is 20.9 Å². The molecule has 3 heterocycles. The highest BCUT2D eigenvalue weighted by Crippen LogP contribution is 2.28. The van der Waals surface area contributed by atoms with Crippen LogP contribution in [0.3, 0.4) is 0 Å². The second-order valence-electron chi connectivity index (χ2n) is 5.47. The number of amides is 1. The summed E-state index contributed by atoms with van der Waals surface area (Å²) in [5, 5.41) is 16.1. The van der Waals surface area contributed by atoms with Gasteiger partial charge < -0.3 is 15.2 Å². The van der Waals surface area contributed by atoms with Gasteiger partial charge in [0.2, 0.25) is 5.91 Å². The Balaban J connectivity index is 1.86. The van der Waals surface area contributed by atoms with Gasteiger partial charge in [-0.05, 0) is 12.8 Å². The Kier molecular flexibility index (Phi) is 3.87. The number of carbonyl (C=O) groups is 2. The van der Waals surface area contributed by atoms with Crippen LogP contribution < -0.4 is 5.32 Å². The Labute approximate surface area is 121 Å². The van der Waals surface area contributed by atoms with E-state index in [0.717, 1.165) is 12.8 Å². The molecule has 8 heteroatoms. The fourth-order valence-corrected chi connectivity index (χ4v) is 2.84. The zero-order valence-electron chi connectivity index (χ0n) is 11.6. The molecule has 3 rings (SSSR count). The largest absolute Gasteiger partial charge is 0.480 e. The number of hydrogen-bond donors (Lipinski definition) is 2. The highest BCUT2D eigenvalue weighted by atomic mass is 16.5. The first-order valence-electron chi connectivity index (χ1n) is 7.14. The second-order valence-corrected chi connectivity index (χ2v) is 5.47. The third-order valence-corrected chi connectivity index (χ3v) is 3.93. The van der Waals surface area contributed by atoms with E-state index >= 15 is 0 Å². The average molecular weight is 294 g/mol. The normalized spacial score (nSPS) is 23.2. The molecule has 21 heavy (non-hydrogen) atoms. The summed E-state index contributed by atoms with van der Waals surface area (Å²) in [6, 6.07) is 0. The maximum Gasteiger partial charge on any atom is 0.325 e. The molecule has 2 N–H and O–H groups in total. The van der Waals surface area contributed by atoms with E-state index in [4.69, 9.17) is 9.84 Å². The third-order valence-electron chi connectivity index (χ3n) is 3.93. The number of hydrogen-bond acceptors (Lipinski definition) is 5. The molecule has 0 saturated carbocycles. The number of aliphatic carboxylic acids is 1. The topological polar surface area (TPSA) is 106 Å². The highest BCUT2D eigenvalue weighted by molar-refractivity contribution is 5.79. The quantitative estimate of drug-likeness (QED) is 0.800. The van der Waals surface area contributed by atoms with Gasteiger partial charge in [0.25, 0.3) is 0 Å². The Morgan fingerprint density at radius 1 is 1.38 bits per heavy atom. The molecule has 0 aliphatic carbocycles. The first kappa shape index (κ1) is 14.0. The Morgan fingerprint density at radius 3 is 2.76 bits per heavy atom. The lowest BCUT2D eigenvalue weighted by Gasteiger charge is -2.18. The molecule has 2 saturated heterocycles. The molecular formula is C13H18N4O4. The van der Waals surface area contributed by atoms with Crippen LogP contribution in [0.5, 0.6) is 0 Å². The summed E-state index contributed by atoms with van der Waals surface area (Å²) in [6.45, 7) is 1.62. The number of rotatable bonds is 4. The number of aromatic nitrogens is 3. The Bertz CT molecular complexity index is 550. The van der Waals surface area contributed by atoms with Crippen molar-refractivity contribution in [1.82, 2.24) is 20.1 Å². The molecule has 8 nitrogen and oxygen atoms in total. The third kappa shape index (κ3) is 3.05. The summed E-state index contributed by atoms with van der Waals surface area (Å²) in [5.74, 6) is 0.385. The number of nitrogens with one attached hydrogen (secondary N) is 1. The first-order valence-corrected chi connectivity index (χ1v) is 7.14. The summed E-state index contributed by atoms with van der Waals surface area (Å²) < 4.78 is 6.75. The zero-order chi connectivity index (χ0) is 14.8. The SMILES string of the molecule is O=C(O)Cn1nc(C2CCOCC2)nc1C1CNC(=O)C1. The van der Waals surface area contributed by atoms with Crippen molar-refractivity contribution in [1.29, 1.82) is 0 Å². The van der Waals surface area contributed by atoms with Crippen LogP contribution in [0.4, 0.5) is 0 Å². The summed E-state index contributed by atoms with van der Waals surface area (Å²) in [7, 11) is 0. The van der Waals surface area contributed by atoms with Gasteiger partial charge in [0.05, 0.1) is 0 Å². The standard InChI is InChI=1S/C13H18N4O4/c18-10-5-9(6-14-10)13-15-12(8-1-3-21-4-2-8)16-17(13)7-11(19)20/h8-9H,1-7H2,(H,14,18)(H,19,20). The van der Waals surface area contributed by atoms with E-state index < -0.39 is 5.97 Å². The van der Waals surface area contributed by atoms with Crippen molar-refractivity contribution in [2.45, 2.75) is 37.6 Å². The van der Waals surface area contributed by atoms with Gasteiger partial charge >= 0.3 is 5.97 Å². The van der Waals surface area contributed by atoms with E-state index in [0.29, 0.717) is 37.8 Å². The van der Waals surface area contributed by atoms with Gasteiger partial charge in [0.1, 0.15) is 12.4 Å². The number of nitrogens with zero attached hydrogens (tertiary/aromatic N) is 3. The Morgan fingerprint density at radius 2 is 2.14 bits per heavy atom. The summed E-state index contributed by atoms with van der Waals surface area (Å²) in [4.78, 5) is 26.9. The Hall–Kier alpha value is -1.96. The molecule has 2 aliphatic rings. The summed E-state index contributed by atoms with van der Waals surface area (Å²) >= 11 is 0. The molecule has 114 valence electrons. The van der Waals surface area contributed by atoms with E-state index in [2.05, 4.69) is 15.4 Å². The minimum Gasteiger partial charge on any atom is -0.480 e. The van der Waals surface area contributed by atoms with Crippen LogP contribution >= 0.6 is 0 Å². The van der Waals surface area contributed by atoms with Gasteiger partial charge in [-0.25, -0.2) is 9.67 Å². The van der Waals surface area contributed by atoms with E-state index in [1.165, 1.54) is 4.68 Å². The van der Waals surface area contributed by atoms with Crippen LogP contribution in [0.2, 0.25) is 0 Å². The maximum atomic E-state index is 11.4. The van der Waals surface area contributed by atoms with Gasteiger partial charge in [-0.15, -0.1) is 0 Å². The van der Waals surface area contributed by atoms with Crippen LogP contribution in [0.25, 0.3) is 0 Å². The lowest BCUT2D eigenvalue weighted by atomic mass is 10.00. The highest BCUT2D eigenvalue weighted by Gasteiger charge is 2.30. The van der Waals surface area contributed by atoms with E-state index in [-0.39, 0.29) is 24.3 Å². The molecule has 0 radical (unpaired) electrons.